The molecule has 0 aliphatic rings. The van der Waals surface area contributed by atoms with E-state index in [1.54, 1.807) is 13.3 Å². The van der Waals surface area contributed by atoms with Gasteiger partial charge in [-0.25, -0.2) is 4.98 Å². The van der Waals surface area contributed by atoms with Crippen molar-refractivity contribution in [3.05, 3.63) is 30.5 Å². The topological polar surface area (TPSA) is 60.2 Å². The van der Waals surface area contributed by atoms with Gasteiger partial charge in [0, 0.05) is 23.7 Å². The van der Waals surface area contributed by atoms with E-state index in [1.807, 2.05) is 38.1 Å². The van der Waals surface area contributed by atoms with Crippen LogP contribution in [0, 0.1) is 0 Å². The van der Waals surface area contributed by atoms with Gasteiger partial charge in [0.2, 0.25) is 0 Å². The molecule has 0 unspecified atom stereocenters. The van der Waals surface area contributed by atoms with Gasteiger partial charge < -0.3 is 15.8 Å². The van der Waals surface area contributed by atoms with E-state index in [9.17, 15) is 0 Å². The van der Waals surface area contributed by atoms with Gasteiger partial charge in [0.05, 0.1) is 7.11 Å². The molecule has 0 atom stereocenters. The lowest BCUT2D eigenvalue weighted by Crippen LogP contribution is -2.39. The summed E-state index contributed by atoms with van der Waals surface area (Å²) in [6, 6.07) is 7.90. The number of hydrogen-bond acceptors (Lipinski definition) is 4. The molecule has 96 valence electrons. The highest BCUT2D eigenvalue weighted by molar-refractivity contribution is 5.92. The second-order valence-corrected chi connectivity index (χ2v) is 5.09. The summed E-state index contributed by atoms with van der Waals surface area (Å²) in [5, 5.41) is 5.46. The van der Waals surface area contributed by atoms with Crippen molar-refractivity contribution in [3.8, 4) is 5.75 Å². The molecule has 0 spiro atoms. The van der Waals surface area contributed by atoms with Crippen LogP contribution in [0.25, 0.3) is 10.8 Å². The second-order valence-electron chi connectivity index (χ2n) is 5.09. The molecule has 4 heteroatoms. The summed E-state index contributed by atoms with van der Waals surface area (Å²) in [7, 11) is 1.67. The molecule has 1 aromatic heterocycles. The number of nitrogens with two attached hydrogens (primary N) is 1. The number of nitrogens with zero attached hydrogens (tertiary/aromatic N) is 1. The summed E-state index contributed by atoms with van der Waals surface area (Å²) >= 11 is 0. The van der Waals surface area contributed by atoms with E-state index in [1.165, 1.54) is 0 Å². The average molecular weight is 245 g/mol. The first-order chi connectivity index (χ1) is 8.49. The Balaban J connectivity index is 2.34. The Morgan fingerprint density at radius 3 is 2.78 bits per heavy atom. The Bertz CT molecular complexity index is 546. The fraction of sp³-hybridized carbons (Fsp3) is 0.357. The molecule has 0 saturated carbocycles. The SMILES string of the molecule is COc1ccc2c(NCC(C)(C)N)nccc2c1. The Hall–Kier alpha value is -1.81. The maximum absolute atomic E-state index is 5.96. The van der Waals surface area contributed by atoms with Crippen molar-refractivity contribution >= 4 is 16.6 Å². The number of methoxy groups -OCH3 is 1. The standard InChI is InChI=1S/C14H19N3O/c1-14(2,15)9-17-13-12-5-4-11(18-3)8-10(12)6-7-16-13/h4-8H,9,15H2,1-3H3,(H,16,17). The van der Waals surface area contributed by atoms with Gasteiger partial charge in [0.15, 0.2) is 0 Å². The van der Waals surface area contributed by atoms with Crippen molar-refractivity contribution < 1.29 is 4.74 Å². The van der Waals surface area contributed by atoms with Gasteiger partial charge in [0.25, 0.3) is 0 Å². The normalized spacial score (nSPS) is 11.6. The molecule has 1 aromatic carbocycles. The number of rotatable bonds is 4. The molecule has 0 aliphatic carbocycles. The zero-order valence-electron chi connectivity index (χ0n) is 11.0. The third-order valence-electron chi connectivity index (χ3n) is 2.68. The Kier molecular flexibility index (Phi) is 3.39. The van der Waals surface area contributed by atoms with E-state index in [2.05, 4.69) is 10.3 Å². The lowest BCUT2D eigenvalue weighted by atomic mass is 10.1. The highest BCUT2D eigenvalue weighted by Gasteiger charge is 2.11. The predicted molar refractivity (Wildman–Crippen MR) is 75.1 cm³/mol. The molecule has 0 amide bonds. The van der Waals surface area contributed by atoms with Gasteiger partial charge >= 0.3 is 0 Å². The highest BCUT2D eigenvalue weighted by Crippen LogP contribution is 2.25. The molecular formula is C14H19N3O. The van der Waals surface area contributed by atoms with Gasteiger partial charge in [-0.1, -0.05) is 0 Å². The van der Waals surface area contributed by atoms with E-state index in [-0.39, 0.29) is 5.54 Å². The van der Waals surface area contributed by atoms with Gasteiger partial charge in [-0.05, 0) is 43.5 Å². The third-order valence-corrected chi connectivity index (χ3v) is 2.68. The van der Waals surface area contributed by atoms with Gasteiger partial charge in [-0.2, -0.15) is 0 Å². The van der Waals surface area contributed by atoms with Crippen molar-refractivity contribution in [3.63, 3.8) is 0 Å². The number of anilines is 1. The van der Waals surface area contributed by atoms with Crippen LogP contribution in [0.2, 0.25) is 0 Å². The van der Waals surface area contributed by atoms with E-state index < -0.39 is 0 Å². The lowest BCUT2D eigenvalue weighted by molar-refractivity contribution is 0.415. The first-order valence-electron chi connectivity index (χ1n) is 5.95. The van der Waals surface area contributed by atoms with Crippen LogP contribution in [0.3, 0.4) is 0 Å². The molecule has 3 N–H and O–H groups in total. The number of pyridine rings is 1. The van der Waals surface area contributed by atoms with E-state index >= 15 is 0 Å². The van der Waals surface area contributed by atoms with E-state index in [0.717, 1.165) is 22.3 Å². The van der Waals surface area contributed by atoms with Gasteiger partial charge in [0.1, 0.15) is 11.6 Å². The molecule has 2 rings (SSSR count). The van der Waals surface area contributed by atoms with Gasteiger partial charge in [-0.3, -0.25) is 0 Å². The number of aromatic nitrogens is 1. The van der Waals surface area contributed by atoms with Crippen LogP contribution >= 0.6 is 0 Å². The minimum Gasteiger partial charge on any atom is -0.497 e. The van der Waals surface area contributed by atoms with Crippen LogP contribution in [-0.4, -0.2) is 24.2 Å². The smallest absolute Gasteiger partial charge is 0.133 e. The first-order valence-corrected chi connectivity index (χ1v) is 5.95. The maximum atomic E-state index is 5.96. The van der Waals surface area contributed by atoms with Crippen LogP contribution in [0.4, 0.5) is 5.82 Å². The molecule has 0 saturated heterocycles. The summed E-state index contributed by atoms with van der Waals surface area (Å²) < 4.78 is 5.22. The average Bonchev–Trinajstić information content (AvgIpc) is 2.34. The number of ether oxygens (including phenoxy) is 1. The molecule has 0 fully saturated rings. The second kappa shape index (κ2) is 4.82. The maximum Gasteiger partial charge on any atom is 0.133 e. The molecule has 18 heavy (non-hydrogen) atoms. The lowest BCUT2D eigenvalue weighted by Gasteiger charge is -2.20. The quantitative estimate of drug-likeness (QED) is 0.868. The fourth-order valence-electron chi connectivity index (χ4n) is 1.74. The summed E-state index contributed by atoms with van der Waals surface area (Å²) in [4.78, 5) is 4.36. The summed E-state index contributed by atoms with van der Waals surface area (Å²) in [5.41, 5.74) is 5.70. The van der Waals surface area contributed by atoms with Crippen molar-refractivity contribution in [1.82, 2.24) is 4.98 Å². The van der Waals surface area contributed by atoms with Crippen LogP contribution < -0.4 is 15.8 Å². The van der Waals surface area contributed by atoms with Crippen LogP contribution in [-0.2, 0) is 0 Å². The third kappa shape index (κ3) is 2.90. The zero-order valence-corrected chi connectivity index (χ0v) is 11.0. The van der Waals surface area contributed by atoms with Gasteiger partial charge in [-0.15, -0.1) is 0 Å². The Morgan fingerprint density at radius 1 is 1.33 bits per heavy atom. The van der Waals surface area contributed by atoms with Crippen molar-refractivity contribution in [2.45, 2.75) is 19.4 Å². The zero-order chi connectivity index (χ0) is 13.2. The highest BCUT2D eigenvalue weighted by atomic mass is 16.5. The molecule has 2 aromatic rings. The fourth-order valence-corrected chi connectivity index (χ4v) is 1.74. The number of nitrogens with one attached hydrogen (secondary N) is 1. The number of benzene rings is 1. The van der Waals surface area contributed by atoms with Crippen molar-refractivity contribution in [2.75, 3.05) is 19.0 Å². The van der Waals surface area contributed by atoms with Crippen molar-refractivity contribution in [2.24, 2.45) is 5.73 Å². The molecule has 0 aliphatic heterocycles. The monoisotopic (exact) mass is 245 g/mol. The van der Waals surface area contributed by atoms with Crippen LogP contribution in [0.5, 0.6) is 5.75 Å². The van der Waals surface area contributed by atoms with Crippen LogP contribution in [0.1, 0.15) is 13.8 Å². The Morgan fingerprint density at radius 2 is 2.11 bits per heavy atom. The minimum absolute atomic E-state index is 0.268. The van der Waals surface area contributed by atoms with E-state index in [4.69, 9.17) is 10.5 Å². The van der Waals surface area contributed by atoms with E-state index in [0.29, 0.717) is 6.54 Å². The summed E-state index contributed by atoms with van der Waals surface area (Å²) in [6.07, 6.45) is 1.79. The molecule has 4 nitrogen and oxygen atoms in total. The molecule has 1 heterocycles. The summed E-state index contributed by atoms with van der Waals surface area (Å²) in [6.45, 7) is 4.63. The minimum atomic E-state index is -0.268. The predicted octanol–water partition coefficient (Wildman–Crippen LogP) is 2.39. The Labute approximate surface area is 107 Å². The molecule has 0 bridgehead atoms. The number of fused-ring (bicyclic) bond motifs is 1. The summed E-state index contributed by atoms with van der Waals surface area (Å²) in [5.74, 6) is 1.70. The number of hydrogen-bond donors (Lipinski definition) is 2. The molecule has 0 radical (unpaired) electrons. The van der Waals surface area contributed by atoms with Crippen molar-refractivity contribution in [1.29, 1.82) is 0 Å². The first kappa shape index (κ1) is 12.6. The molecular weight excluding hydrogens is 226 g/mol. The largest absolute Gasteiger partial charge is 0.497 e. The van der Waals surface area contributed by atoms with Crippen LogP contribution in [0.15, 0.2) is 30.5 Å².